The van der Waals surface area contributed by atoms with Gasteiger partial charge in [0.2, 0.25) is 0 Å². The Kier molecular flexibility index (Phi) is 1.95. The number of hydrogen-bond acceptors (Lipinski definition) is 1. The molecule has 1 N–H and O–H groups in total. The van der Waals surface area contributed by atoms with E-state index in [1.54, 1.807) is 0 Å². The summed E-state index contributed by atoms with van der Waals surface area (Å²) >= 11 is 0. The molecule has 0 saturated heterocycles. The van der Waals surface area contributed by atoms with E-state index in [0.717, 1.165) is 17.9 Å². The third-order valence-corrected chi connectivity index (χ3v) is 4.05. The van der Waals surface area contributed by atoms with Gasteiger partial charge in [0, 0.05) is 12.6 Å². The minimum Gasteiger partial charge on any atom is -0.313 e. The van der Waals surface area contributed by atoms with Gasteiger partial charge in [-0.05, 0) is 36.5 Å². The second-order valence-electron chi connectivity index (χ2n) is 5.37. The molecule has 0 heterocycles. The summed E-state index contributed by atoms with van der Waals surface area (Å²) in [6.45, 7) is 8.39. The van der Waals surface area contributed by atoms with Crippen molar-refractivity contribution in [3.63, 3.8) is 0 Å². The van der Waals surface area contributed by atoms with Crippen LogP contribution in [-0.2, 0) is 0 Å². The summed E-state index contributed by atoms with van der Waals surface area (Å²) < 4.78 is 0. The van der Waals surface area contributed by atoms with Crippen molar-refractivity contribution in [2.75, 3.05) is 6.54 Å². The average Bonchev–Trinajstić information content (AvgIpc) is 2.77. The molecule has 0 aromatic carbocycles. The van der Waals surface area contributed by atoms with Crippen LogP contribution < -0.4 is 5.32 Å². The van der Waals surface area contributed by atoms with Gasteiger partial charge in [0.05, 0.1) is 0 Å². The molecular formula is C11H21N. The lowest BCUT2D eigenvalue weighted by atomic mass is 9.71. The van der Waals surface area contributed by atoms with E-state index in [4.69, 9.17) is 0 Å². The molecule has 2 fully saturated rings. The molecule has 1 nitrogen and oxygen atoms in total. The van der Waals surface area contributed by atoms with Gasteiger partial charge in [-0.2, -0.15) is 0 Å². The standard InChI is InChI=1S/C11H21N/c1-8-6-10(9(8)2)12-7-11(3)4-5-11/h8-10,12H,4-7H2,1-3H3. The molecule has 2 saturated carbocycles. The van der Waals surface area contributed by atoms with E-state index in [0.29, 0.717) is 5.41 Å². The highest BCUT2D eigenvalue weighted by Gasteiger charge is 2.40. The fraction of sp³-hybridized carbons (Fsp3) is 1.00. The predicted octanol–water partition coefficient (Wildman–Crippen LogP) is 2.42. The van der Waals surface area contributed by atoms with Gasteiger partial charge in [-0.3, -0.25) is 0 Å². The first-order chi connectivity index (χ1) is 5.61. The zero-order chi connectivity index (χ0) is 8.77. The van der Waals surface area contributed by atoms with Crippen LogP contribution in [0.15, 0.2) is 0 Å². The molecule has 0 aliphatic heterocycles. The first-order valence-corrected chi connectivity index (χ1v) is 5.34. The Morgan fingerprint density at radius 3 is 2.42 bits per heavy atom. The smallest absolute Gasteiger partial charge is 0.00981 e. The summed E-state index contributed by atoms with van der Waals surface area (Å²) in [5.74, 6) is 1.86. The van der Waals surface area contributed by atoms with Gasteiger partial charge in [-0.15, -0.1) is 0 Å². The lowest BCUT2D eigenvalue weighted by molar-refractivity contribution is 0.132. The maximum absolute atomic E-state index is 3.70. The Morgan fingerprint density at radius 2 is 2.00 bits per heavy atom. The molecule has 3 unspecified atom stereocenters. The Bertz CT molecular complexity index is 172. The summed E-state index contributed by atoms with van der Waals surface area (Å²) in [6.07, 6.45) is 4.28. The number of hydrogen-bond donors (Lipinski definition) is 1. The number of nitrogens with one attached hydrogen (secondary N) is 1. The van der Waals surface area contributed by atoms with Crippen molar-refractivity contribution in [2.24, 2.45) is 17.3 Å². The summed E-state index contributed by atoms with van der Waals surface area (Å²) in [4.78, 5) is 0. The Morgan fingerprint density at radius 1 is 1.33 bits per heavy atom. The van der Waals surface area contributed by atoms with Crippen LogP contribution in [0.3, 0.4) is 0 Å². The molecule has 0 amide bonds. The van der Waals surface area contributed by atoms with Gasteiger partial charge in [0.25, 0.3) is 0 Å². The third kappa shape index (κ3) is 1.52. The molecule has 0 radical (unpaired) electrons. The summed E-state index contributed by atoms with van der Waals surface area (Å²) in [5, 5.41) is 3.70. The van der Waals surface area contributed by atoms with E-state index in [-0.39, 0.29) is 0 Å². The molecule has 70 valence electrons. The molecule has 0 aromatic heterocycles. The van der Waals surface area contributed by atoms with E-state index in [9.17, 15) is 0 Å². The van der Waals surface area contributed by atoms with Gasteiger partial charge in [-0.25, -0.2) is 0 Å². The van der Waals surface area contributed by atoms with Crippen LogP contribution >= 0.6 is 0 Å². The van der Waals surface area contributed by atoms with Crippen molar-refractivity contribution in [3.8, 4) is 0 Å². The Hall–Kier alpha value is -0.0400. The van der Waals surface area contributed by atoms with Crippen molar-refractivity contribution < 1.29 is 0 Å². The fourth-order valence-electron chi connectivity index (χ4n) is 2.07. The van der Waals surface area contributed by atoms with Crippen LogP contribution in [0.25, 0.3) is 0 Å². The lowest BCUT2D eigenvalue weighted by Crippen LogP contribution is -2.49. The van der Waals surface area contributed by atoms with Crippen molar-refractivity contribution in [1.82, 2.24) is 5.32 Å². The van der Waals surface area contributed by atoms with Crippen molar-refractivity contribution >= 4 is 0 Å². The van der Waals surface area contributed by atoms with Gasteiger partial charge < -0.3 is 5.32 Å². The Labute approximate surface area is 75.9 Å². The molecule has 0 bridgehead atoms. The molecule has 3 atom stereocenters. The minimum atomic E-state index is 0.679. The van der Waals surface area contributed by atoms with Gasteiger partial charge in [0.1, 0.15) is 0 Å². The second kappa shape index (κ2) is 2.73. The van der Waals surface area contributed by atoms with Crippen LogP contribution in [0.4, 0.5) is 0 Å². The SMILES string of the molecule is CC1CC(NCC2(C)CC2)C1C. The molecular weight excluding hydrogens is 146 g/mol. The van der Waals surface area contributed by atoms with E-state index in [1.165, 1.54) is 25.8 Å². The maximum Gasteiger partial charge on any atom is 0.00981 e. The predicted molar refractivity (Wildman–Crippen MR) is 52.1 cm³/mol. The van der Waals surface area contributed by atoms with Crippen LogP contribution in [-0.4, -0.2) is 12.6 Å². The molecule has 0 spiro atoms. The quantitative estimate of drug-likeness (QED) is 0.680. The zero-order valence-electron chi connectivity index (χ0n) is 8.56. The van der Waals surface area contributed by atoms with E-state index in [1.807, 2.05) is 0 Å². The molecule has 2 aliphatic rings. The largest absolute Gasteiger partial charge is 0.313 e. The van der Waals surface area contributed by atoms with Crippen LogP contribution in [0.2, 0.25) is 0 Å². The van der Waals surface area contributed by atoms with Crippen LogP contribution in [0.1, 0.15) is 40.0 Å². The highest BCUT2D eigenvalue weighted by Crippen LogP contribution is 2.45. The van der Waals surface area contributed by atoms with Crippen molar-refractivity contribution in [2.45, 2.75) is 46.1 Å². The number of rotatable bonds is 3. The van der Waals surface area contributed by atoms with Gasteiger partial charge in [-0.1, -0.05) is 20.8 Å². The highest BCUT2D eigenvalue weighted by atomic mass is 15.0. The first kappa shape index (κ1) is 8.55. The normalized spacial score (nSPS) is 43.8. The Balaban J connectivity index is 1.68. The summed E-state index contributed by atoms with van der Waals surface area (Å²) in [7, 11) is 0. The monoisotopic (exact) mass is 167 g/mol. The van der Waals surface area contributed by atoms with E-state index in [2.05, 4.69) is 26.1 Å². The second-order valence-corrected chi connectivity index (χ2v) is 5.37. The topological polar surface area (TPSA) is 12.0 Å². The van der Waals surface area contributed by atoms with Crippen LogP contribution in [0, 0.1) is 17.3 Å². The highest BCUT2D eigenvalue weighted by molar-refractivity contribution is 4.95. The van der Waals surface area contributed by atoms with Crippen LogP contribution in [0.5, 0.6) is 0 Å². The zero-order valence-corrected chi connectivity index (χ0v) is 8.56. The molecule has 2 aliphatic carbocycles. The third-order valence-electron chi connectivity index (χ3n) is 4.05. The molecule has 2 rings (SSSR count). The van der Waals surface area contributed by atoms with Gasteiger partial charge in [0.15, 0.2) is 0 Å². The lowest BCUT2D eigenvalue weighted by Gasteiger charge is -2.42. The molecule has 12 heavy (non-hydrogen) atoms. The summed E-state index contributed by atoms with van der Waals surface area (Å²) in [6, 6.07) is 0.831. The summed E-state index contributed by atoms with van der Waals surface area (Å²) in [5.41, 5.74) is 0.679. The minimum absolute atomic E-state index is 0.679. The van der Waals surface area contributed by atoms with E-state index < -0.39 is 0 Å². The van der Waals surface area contributed by atoms with Gasteiger partial charge >= 0.3 is 0 Å². The van der Waals surface area contributed by atoms with Crippen molar-refractivity contribution in [1.29, 1.82) is 0 Å². The first-order valence-electron chi connectivity index (χ1n) is 5.34. The fourth-order valence-corrected chi connectivity index (χ4v) is 2.07. The van der Waals surface area contributed by atoms with Crippen molar-refractivity contribution in [3.05, 3.63) is 0 Å². The molecule has 1 heteroatoms. The average molecular weight is 167 g/mol. The van der Waals surface area contributed by atoms with E-state index >= 15 is 0 Å². The molecule has 0 aromatic rings. The maximum atomic E-state index is 3.70.